The Morgan fingerprint density at radius 2 is 2.04 bits per heavy atom. The van der Waals surface area contributed by atoms with Crippen molar-refractivity contribution in [1.82, 2.24) is 20.0 Å². The van der Waals surface area contributed by atoms with Crippen LogP contribution in [0.4, 0.5) is 0 Å². The Bertz CT molecular complexity index is 947. The zero-order chi connectivity index (χ0) is 20.1. The third kappa shape index (κ3) is 4.16. The van der Waals surface area contributed by atoms with E-state index in [0.29, 0.717) is 28.9 Å². The molecule has 1 atom stereocenters. The quantitative estimate of drug-likeness (QED) is 0.642. The Labute approximate surface area is 163 Å². The number of benzene rings is 1. The van der Waals surface area contributed by atoms with Gasteiger partial charge in [-0.2, -0.15) is 4.98 Å². The SMILES string of the molecule is CCC(C)NC(=O)Cn1cccc1-c1nc(-c2ccc(OC)c(OC)c2)no1. The minimum Gasteiger partial charge on any atom is -0.493 e. The number of methoxy groups -OCH3 is 2. The van der Waals surface area contributed by atoms with Crippen LogP contribution in [0.1, 0.15) is 20.3 Å². The molecule has 148 valence electrons. The maximum atomic E-state index is 12.2. The largest absolute Gasteiger partial charge is 0.493 e. The van der Waals surface area contributed by atoms with E-state index in [9.17, 15) is 4.79 Å². The Morgan fingerprint density at radius 1 is 1.25 bits per heavy atom. The summed E-state index contributed by atoms with van der Waals surface area (Å²) in [4.78, 5) is 16.7. The first-order valence-corrected chi connectivity index (χ1v) is 9.06. The molecule has 28 heavy (non-hydrogen) atoms. The zero-order valence-electron chi connectivity index (χ0n) is 16.4. The van der Waals surface area contributed by atoms with Crippen molar-refractivity contribution in [2.45, 2.75) is 32.9 Å². The summed E-state index contributed by atoms with van der Waals surface area (Å²) in [5, 5.41) is 7.01. The second kappa shape index (κ2) is 8.60. The summed E-state index contributed by atoms with van der Waals surface area (Å²) in [6.45, 7) is 4.18. The van der Waals surface area contributed by atoms with E-state index in [1.807, 2.05) is 38.2 Å². The molecule has 1 amide bonds. The molecule has 3 aromatic rings. The number of carbonyl (C=O) groups excluding carboxylic acids is 1. The topological polar surface area (TPSA) is 91.4 Å². The van der Waals surface area contributed by atoms with Gasteiger partial charge in [-0.15, -0.1) is 0 Å². The van der Waals surface area contributed by atoms with Crippen LogP contribution in [0.15, 0.2) is 41.1 Å². The van der Waals surface area contributed by atoms with Crippen molar-refractivity contribution in [2.75, 3.05) is 14.2 Å². The minimum atomic E-state index is -0.0635. The molecule has 3 rings (SSSR count). The normalized spacial score (nSPS) is 11.9. The van der Waals surface area contributed by atoms with E-state index in [4.69, 9.17) is 14.0 Å². The fourth-order valence-corrected chi connectivity index (χ4v) is 2.74. The standard InChI is InChI=1S/C20H24N4O4/c1-5-13(2)21-18(25)12-24-10-6-7-15(24)20-22-19(23-28-20)14-8-9-16(26-3)17(11-14)27-4/h6-11,13H,5,12H2,1-4H3,(H,21,25). The molecular formula is C20H24N4O4. The summed E-state index contributed by atoms with van der Waals surface area (Å²) >= 11 is 0. The van der Waals surface area contributed by atoms with Crippen molar-refractivity contribution < 1.29 is 18.8 Å². The van der Waals surface area contributed by atoms with E-state index in [2.05, 4.69) is 15.5 Å². The summed E-state index contributed by atoms with van der Waals surface area (Å²) in [7, 11) is 3.15. The highest BCUT2D eigenvalue weighted by Crippen LogP contribution is 2.32. The minimum absolute atomic E-state index is 0.0635. The smallest absolute Gasteiger partial charge is 0.274 e. The molecule has 1 aromatic carbocycles. The average molecular weight is 384 g/mol. The van der Waals surface area contributed by atoms with Crippen LogP contribution in [-0.2, 0) is 11.3 Å². The molecule has 0 fully saturated rings. The lowest BCUT2D eigenvalue weighted by atomic mass is 10.2. The molecule has 8 heteroatoms. The molecule has 0 saturated carbocycles. The molecule has 2 heterocycles. The van der Waals surface area contributed by atoms with E-state index in [1.165, 1.54) is 0 Å². The molecule has 0 saturated heterocycles. The number of nitrogens with one attached hydrogen (secondary N) is 1. The Kier molecular flexibility index (Phi) is 5.98. The second-order valence-electron chi connectivity index (χ2n) is 6.39. The van der Waals surface area contributed by atoms with E-state index >= 15 is 0 Å². The van der Waals surface area contributed by atoms with Crippen LogP contribution in [0.2, 0.25) is 0 Å². The Hall–Kier alpha value is -3.29. The monoisotopic (exact) mass is 384 g/mol. The van der Waals surface area contributed by atoms with Crippen molar-refractivity contribution >= 4 is 5.91 Å². The highest BCUT2D eigenvalue weighted by molar-refractivity contribution is 5.76. The van der Waals surface area contributed by atoms with Gasteiger partial charge >= 0.3 is 0 Å². The lowest BCUT2D eigenvalue weighted by Crippen LogP contribution is -2.34. The molecule has 0 spiro atoms. The van der Waals surface area contributed by atoms with Gasteiger partial charge in [-0.05, 0) is 43.7 Å². The van der Waals surface area contributed by atoms with Gasteiger partial charge in [0.1, 0.15) is 12.2 Å². The predicted molar refractivity (Wildman–Crippen MR) is 104 cm³/mol. The fraction of sp³-hybridized carbons (Fsp3) is 0.350. The van der Waals surface area contributed by atoms with Crippen molar-refractivity contribution in [3.05, 3.63) is 36.5 Å². The summed E-state index contributed by atoms with van der Waals surface area (Å²) in [6, 6.07) is 9.20. The van der Waals surface area contributed by atoms with Crippen molar-refractivity contribution in [3.63, 3.8) is 0 Å². The van der Waals surface area contributed by atoms with E-state index in [1.54, 1.807) is 30.9 Å². The summed E-state index contributed by atoms with van der Waals surface area (Å²) < 4.78 is 17.8. The van der Waals surface area contributed by atoms with Crippen LogP contribution in [0.5, 0.6) is 11.5 Å². The summed E-state index contributed by atoms with van der Waals surface area (Å²) in [6.07, 6.45) is 2.69. The predicted octanol–water partition coefficient (Wildman–Crippen LogP) is 3.14. The second-order valence-corrected chi connectivity index (χ2v) is 6.39. The van der Waals surface area contributed by atoms with Gasteiger partial charge in [0.15, 0.2) is 11.5 Å². The molecule has 0 aliphatic carbocycles. The van der Waals surface area contributed by atoms with Gasteiger partial charge in [-0.3, -0.25) is 4.79 Å². The summed E-state index contributed by atoms with van der Waals surface area (Å²) in [5.74, 6) is 1.90. The molecular weight excluding hydrogens is 360 g/mol. The van der Waals surface area contributed by atoms with Gasteiger partial charge in [0.05, 0.1) is 14.2 Å². The van der Waals surface area contributed by atoms with Gasteiger partial charge < -0.3 is 23.9 Å². The van der Waals surface area contributed by atoms with Crippen molar-refractivity contribution in [1.29, 1.82) is 0 Å². The maximum Gasteiger partial charge on any atom is 0.274 e. The van der Waals surface area contributed by atoms with E-state index in [0.717, 1.165) is 12.0 Å². The van der Waals surface area contributed by atoms with Gasteiger partial charge in [0, 0.05) is 17.8 Å². The summed E-state index contributed by atoms with van der Waals surface area (Å²) in [5.41, 5.74) is 1.42. The highest BCUT2D eigenvalue weighted by atomic mass is 16.5. The van der Waals surface area contributed by atoms with Gasteiger partial charge in [-0.1, -0.05) is 12.1 Å². The maximum absolute atomic E-state index is 12.2. The zero-order valence-corrected chi connectivity index (χ0v) is 16.4. The Balaban J connectivity index is 1.82. The lowest BCUT2D eigenvalue weighted by Gasteiger charge is -2.12. The molecule has 0 aliphatic heterocycles. The lowest BCUT2D eigenvalue weighted by molar-refractivity contribution is -0.122. The third-order valence-electron chi connectivity index (χ3n) is 4.45. The van der Waals surface area contributed by atoms with Crippen LogP contribution in [-0.4, -0.2) is 40.9 Å². The van der Waals surface area contributed by atoms with Crippen molar-refractivity contribution in [2.24, 2.45) is 0 Å². The van der Waals surface area contributed by atoms with Gasteiger partial charge in [-0.25, -0.2) is 0 Å². The molecule has 1 N–H and O–H groups in total. The van der Waals surface area contributed by atoms with Gasteiger partial charge in [0.2, 0.25) is 11.7 Å². The van der Waals surface area contributed by atoms with E-state index < -0.39 is 0 Å². The molecule has 2 aromatic heterocycles. The Morgan fingerprint density at radius 3 is 2.75 bits per heavy atom. The number of rotatable bonds is 8. The van der Waals surface area contributed by atoms with Crippen LogP contribution < -0.4 is 14.8 Å². The number of hydrogen-bond acceptors (Lipinski definition) is 6. The average Bonchev–Trinajstić information content (AvgIpc) is 3.36. The molecule has 0 aliphatic rings. The first-order chi connectivity index (χ1) is 13.5. The molecule has 0 radical (unpaired) electrons. The fourth-order valence-electron chi connectivity index (χ4n) is 2.74. The van der Waals surface area contributed by atoms with Crippen LogP contribution >= 0.6 is 0 Å². The first kappa shape index (κ1) is 19.5. The number of ether oxygens (including phenoxy) is 2. The van der Waals surface area contributed by atoms with Crippen molar-refractivity contribution in [3.8, 4) is 34.5 Å². The number of nitrogens with zero attached hydrogens (tertiary/aromatic N) is 3. The van der Waals surface area contributed by atoms with Crippen LogP contribution in [0.3, 0.4) is 0 Å². The first-order valence-electron chi connectivity index (χ1n) is 9.06. The highest BCUT2D eigenvalue weighted by Gasteiger charge is 2.17. The number of carbonyl (C=O) groups is 1. The number of amides is 1. The van der Waals surface area contributed by atoms with Crippen LogP contribution in [0.25, 0.3) is 23.0 Å². The number of aromatic nitrogens is 3. The third-order valence-corrected chi connectivity index (χ3v) is 4.45. The van der Waals surface area contributed by atoms with Crippen LogP contribution in [0, 0.1) is 0 Å². The number of hydrogen-bond donors (Lipinski definition) is 1. The van der Waals surface area contributed by atoms with Gasteiger partial charge in [0.25, 0.3) is 5.89 Å². The molecule has 0 bridgehead atoms. The van der Waals surface area contributed by atoms with E-state index in [-0.39, 0.29) is 18.5 Å². The molecule has 8 nitrogen and oxygen atoms in total. The molecule has 1 unspecified atom stereocenters.